The summed E-state index contributed by atoms with van der Waals surface area (Å²) in [6.07, 6.45) is 0. The van der Waals surface area contributed by atoms with E-state index in [2.05, 4.69) is 10.2 Å². The van der Waals surface area contributed by atoms with Gasteiger partial charge in [-0.3, -0.25) is 14.5 Å². The Morgan fingerprint density at radius 2 is 1.74 bits per heavy atom. The van der Waals surface area contributed by atoms with Gasteiger partial charge in [0.25, 0.3) is 5.91 Å². The highest BCUT2D eigenvalue weighted by Gasteiger charge is 2.26. The molecule has 2 atom stereocenters. The van der Waals surface area contributed by atoms with E-state index in [1.807, 2.05) is 18.7 Å². The summed E-state index contributed by atoms with van der Waals surface area (Å²) in [5, 5.41) is 2.74. The van der Waals surface area contributed by atoms with Crippen LogP contribution < -0.4 is 11.1 Å². The van der Waals surface area contributed by atoms with Gasteiger partial charge in [0, 0.05) is 45.3 Å². The molecule has 0 radical (unpaired) electrons. The van der Waals surface area contributed by atoms with E-state index in [-0.39, 0.29) is 48.2 Å². The monoisotopic (exact) mass is 422 g/mol. The lowest BCUT2D eigenvalue weighted by Crippen LogP contribution is -2.52. The molecule has 0 bridgehead atoms. The van der Waals surface area contributed by atoms with E-state index in [1.54, 1.807) is 12.1 Å². The van der Waals surface area contributed by atoms with E-state index in [9.17, 15) is 14.0 Å². The zero-order valence-corrected chi connectivity index (χ0v) is 17.3. The van der Waals surface area contributed by atoms with E-state index in [0.29, 0.717) is 26.2 Å². The van der Waals surface area contributed by atoms with Crippen LogP contribution in [0.3, 0.4) is 0 Å². The van der Waals surface area contributed by atoms with E-state index in [0.717, 1.165) is 13.1 Å². The van der Waals surface area contributed by atoms with Gasteiger partial charge >= 0.3 is 0 Å². The molecule has 27 heavy (non-hydrogen) atoms. The summed E-state index contributed by atoms with van der Waals surface area (Å²) in [6, 6.07) is 5.78. The molecule has 0 spiro atoms. The molecule has 1 aromatic carbocycles. The van der Waals surface area contributed by atoms with Crippen LogP contribution in [0, 0.1) is 11.7 Å². The first-order valence-corrected chi connectivity index (χ1v) is 8.69. The van der Waals surface area contributed by atoms with Gasteiger partial charge in [-0.15, -0.1) is 24.8 Å². The minimum Gasteiger partial charge on any atom is -0.351 e. The van der Waals surface area contributed by atoms with Gasteiger partial charge in [-0.1, -0.05) is 19.1 Å². The molecule has 0 aromatic heterocycles. The Hall–Kier alpha value is -1.41. The summed E-state index contributed by atoms with van der Waals surface area (Å²) in [6.45, 7) is 7.66. The Labute approximate surface area is 172 Å². The first-order valence-electron chi connectivity index (χ1n) is 8.69. The van der Waals surface area contributed by atoms with Gasteiger partial charge < -0.3 is 16.0 Å². The molecule has 2 amide bonds. The van der Waals surface area contributed by atoms with Crippen LogP contribution in [0.15, 0.2) is 24.3 Å². The van der Waals surface area contributed by atoms with Crippen molar-refractivity contribution in [2.24, 2.45) is 11.7 Å². The number of benzene rings is 1. The molecule has 1 heterocycles. The molecule has 6 nitrogen and oxygen atoms in total. The predicted molar refractivity (Wildman–Crippen MR) is 109 cm³/mol. The highest BCUT2D eigenvalue weighted by Crippen LogP contribution is 2.10. The number of carbonyl (C=O) groups excluding carboxylic acids is 2. The molecule has 2 rings (SSSR count). The number of hydrogen-bond donors (Lipinski definition) is 2. The van der Waals surface area contributed by atoms with E-state index >= 15 is 0 Å². The Kier molecular flexibility index (Phi) is 11.5. The van der Waals surface area contributed by atoms with Gasteiger partial charge in [-0.05, 0) is 19.1 Å². The molecule has 1 aliphatic rings. The molecule has 0 saturated carbocycles. The summed E-state index contributed by atoms with van der Waals surface area (Å²) in [5.74, 6) is -0.998. The summed E-state index contributed by atoms with van der Waals surface area (Å²) in [7, 11) is 0. The minimum absolute atomic E-state index is 0. The molecule has 9 heteroatoms. The van der Waals surface area contributed by atoms with Crippen LogP contribution in [0.1, 0.15) is 24.2 Å². The van der Waals surface area contributed by atoms with Crippen molar-refractivity contribution < 1.29 is 14.0 Å². The molecule has 3 N–H and O–H groups in total. The summed E-state index contributed by atoms with van der Waals surface area (Å²) in [5.41, 5.74) is 5.86. The molecule has 1 saturated heterocycles. The molecule has 2 unspecified atom stereocenters. The third-order valence-electron chi connectivity index (χ3n) is 4.69. The number of halogens is 3. The number of nitrogens with two attached hydrogens (primary N) is 1. The number of piperazine rings is 1. The first-order chi connectivity index (χ1) is 11.9. The number of hydrogen-bond acceptors (Lipinski definition) is 4. The zero-order valence-electron chi connectivity index (χ0n) is 15.7. The molecular formula is C18H29Cl2FN4O2. The van der Waals surface area contributed by atoms with Gasteiger partial charge in [-0.2, -0.15) is 0 Å². The van der Waals surface area contributed by atoms with Crippen molar-refractivity contribution in [1.82, 2.24) is 15.1 Å². The van der Waals surface area contributed by atoms with Crippen molar-refractivity contribution in [2.75, 3.05) is 39.3 Å². The number of carbonyl (C=O) groups is 2. The maximum absolute atomic E-state index is 13.5. The first kappa shape index (κ1) is 25.6. The van der Waals surface area contributed by atoms with Crippen LogP contribution in [0.4, 0.5) is 4.39 Å². The van der Waals surface area contributed by atoms with Gasteiger partial charge in [0.05, 0.1) is 11.5 Å². The SMILES string of the molecule is CC(N)C(C)C(=O)N1CCN(CCNC(=O)c2ccccc2F)CC1.Cl.Cl. The number of nitrogens with zero attached hydrogens (tertiary/aromatic N) is 2. The fourth-order valence-corrected chi connectivity index (χ4v) is 2.77. The standard InChI is InChI=1S/C18H27FN4O2.2ClH/c1-13(14(2)20)18(25)23-11-9-22(10-12-23)8-7-21-17(24)15-5-3-4-6-16(15)19;;/h3-6,13-14H,7-12,20H2,1-2H3,(H,21,24);2*1H. The molecule has 1 fully saturated rings. The Morgan fingerprint density at radius 3 is 2.30 bits per heavy atom. The minimum atomic E-state index is -0.518. The lowest BCUT2D eigenvalue weighted by molar-refractivity contribution is -0.137. The summed E-state index contributed by atoms with van der Waals surface area (Å²) >= 11 is 0. The van der Waals surface area contributed by atoms with Crippen molar-refractivity contribution in [2.45, 2.75) is 19.9 Å². The smallest absolute Gasteiger partial charge is 0.254 e. The quantitative estimate of drug-likeness (QED) is 0.728. The maximum atomic E-state index is 13.5. The molecule has 0 aliphatic carbocycles. The number of rotatable bonds is 6. The third kappa shape index (κ3) is 7.25. The van der Waals surface area contributed by atoms with Gasteiger partial charge in [0.2, 0.25) is 5.91 Å². The van der Waals surface area contributed by atoms with Crippen molar-refractivity contribution in [3.05, 3.63) is 35.6 Å². The second-order valence-corrected chi connectivity index (χ2v) is 6.55. The Bertz CT molecular complexity index is 611. The predicted octanol–water partition coefficient (Wildman–Crippen LogP) is 1.53. The van der Waals surface area contributed by atoms with Gasteiger partial charge in [0.1, 0.15) is 5.82 Å². The maximum Gasteiger partial charge on any atom is 0.254 e. The molecular weight excluding hydrogens is 394 g/mol. The molecule has 154 valence electrons. The highest BCUT2D eigenvalue weighted by molar-refractivity contribution is 5.94. The third-order valence-corrected chi connectivity index (χ3v) is 4.69. The van der Waals surface area contributed by atoms with Crippen LogP contribution in [0.25, 0.3) is 0 Å². The van der Waals surface area contributed by atoms with Crippen LogP contribution in [-0.2, 0) is 4.79 Å². The van der Waals surface area contributed by atoms with Crippen molar-refractivity contribution >= 4 is 36.6 Å². The molecule has 1 aliphatic heterocycles. The normalized spacial score (nSPS) is 16.5. The van der Waals surface area contributed by atoms with E-state index in [4.69, 9.17) is 5.73 Å². The Morgan fingerprint density at radius 1 is 1.15 bits per heavy atom. The van der Waals surface area contributed by atoms with Crippen LogP contribution in [0.5, 0.6) is 0 Å². The lowest BCUT2D eigenvalue weighted by atomic mass is 10.0. The highest BCUT2D eigenvalue weighted by atomic mass is 35.5. The van der Waals surface area contributed by atoms with Crippen molar-refractivity contribution in [3.8, 4) is 0 Å². The fraction of sp³-hybridized carbons (Fsp3) is 0.556. The molecule has 1 aromatic rings. The van der Waals surface area contributed by atoms with Crippen LogP contribution >= 0.6 is 24.8 Å². The number of nitrogens with one attached hydrogen (secondary N) is 1. The average Bonchev–Trinajstić information content (AvgIpc) is 2.61. The Balaban J connectivity index is 0.00000338. The zero-order chi connectivity index (χ0) is 18.4. The lowest BCUT2D eigenvalue weighted by Gasteiger charge is -2.36. The fourth-order valence-electron chi connectivity index (χ4n) is 2.77. The van der Waals surface area contributed by atoms with Gasteiger partial charge in [-0.25, -0.2) is 4.39 Å². The van der Waals surface area contributed by atoms with E-state index in [1.165, 1.54) is 12.1 Å². The van der Waals surface area contributed by atoms with Crippen LogP contribution in [-0.4, -0.2) is 66.9 Å². The summed E-state index contributed by atoms with van der Waals surface area (Å²) < 4.78 is 13.5. The van der Waals surface area contributed by atoms with E-state index < -0.39 is 11.7 Å². The topological polar surface area (TPSA) is 78.7 Å². The largest absolute Gasteiger partial charge is 0.351 e. The second kappa shape index (κ2) is 12.1. The van der Waals surface area contributed by atoms with Crippen LogP contribution in [0.2, 0.25) is 0 Å². The van der Waals surface area contributed by atoms with Crippen molar-refractivity contribution in [1.29, 1.82) is 0 Å². The second-order valence-electron chi connectivity index (χ2n) is 6.55. The average molecular weight is 423 g/mol. The number of amides is 2. The van der Waals surface area contributed by atoms with Crippen molar-refractivity contribution in [3.63, 3.8) is 0 Å². The summed E-state index contributed by atoms with van der Waals surface area (Å²) in [4.78, 5) is 28.3. The van der Waals surface area contributed by atoms with Gasteiger partial charge in [0.15, 0.2) is 0 Å².